The molecule has 3 rings (SSSR count). The van der Waals surface area contributed by atoms with Crippen LogP contribution in [-0.4, -0.2) is 46.1 Å². The van der Waals surface area contributed by atoms with Crippen LogP contribution in [0.3, 0.4) is 0 Å². The van der Waals surface area contributed by atoms with Crippen LogP contribution >= 0.6 is 0 Å². The molecule has 6 heteroatoms. The zero-order valence-electron chi connectivity index (χ0n) is 14.8. The number of carbonyl (C=O) groups is 2. The van der Waals surface area contributed by atoms with Gasteiger partial charge in [0.25, 0.3) is 5.91 Å². The maximum atomic E-state index is 12.5. The Hall–Kier alpha value is -2.63. The van der Waals surface area contributed by atoms with Crippen molar-refractivity contribution >= 4 is 11.8 Å². The van der Waals surface area contributed by atoms with E-state index in [0.29, 0.717) is 30.8 Å². The number of aryl methyl sites for hydroxylation is 1. The average molecular weight is 340 g/mol. The second kappa shape index (κ2) is 7.51. The number of benzene rings is 1. The van der Waals surface area contributed by atoms with E-state index in [-0.39, 0.29) is 11.8 Å². The van der Waals surface area contributed by atoms with Crippen LogP contribution in [0, 0.1) is 13.8 Å². The molecule has 2 aromatic rings. The third-order valence-electron chi connectivity index (χ3n) is 4.58. The number of hydrogen-bond acceptors (Lipinski definition) is 3. The first-order valence-corrected chi connectivity index (χ1v) is 8.75. The van der Waals surface area contributed by atoms with Crippen molar-refractivity contribution in [3.63, 3.8) is 0 Å². The summed E-state index contributed by atoms with van der Waals surface area (Å²) in [7, 11) is 0. The van der Waals surface area contributed by atoms with Gasteiger partial charge in [-0.05, 0) is 38.8 Å². The quantitative estimate of drug-likeness (QED) is 0.820. The number of hydrogen-bond donors (Lipinski definition) is 1. The lowest BCUT2D eigenvalue weighted by atomic mass is 10.2. The molecule has 0 bridgehead atoms. The summed E-state index contributed by atoms with van der Waals surface area (Å²) in [6.45, 7) is 5.86. The lowest BCUT2D eigenvalue weighted by Crippen LogP contribution is -2.31. The molecule has 1 aliphatic heterocycles. The average Bonchev–Trinajstić information content (AvgIpc) is 3.15. The maximum Gasteiger partial charge on any atom is 0.255 e. The summed E-state index contributed by atoms with van der Waals surface area (Å²) in [5, 5.41) is 7.46. The van der Waals surface area contributed by atoms with Gasteiger partial charge in [-0.3, -0.25) is 9.59 Å². The van der Waals surface area contributed by atoms with Crippen molar-refractivity contribution < 1.29 is 9.59 Å². The third-order valence-corrected chi connectivity index (χ3v) is 4.58. The van der Waals surface area contributed by atoms with Crippen molar-refractivity contribution in [2.24, 2.45) is 0 Å². The Kier molecular flexibility index (Phi) is 5.16. The number of carbonyl (C=O) groups excluding carboxylic acids is 2. The predicted molar refractivity (Wildman–Crippen MR) is 95.8 cm³/mol. The highest BCUT2D eigenvalue weighted by atomic mass is 16.2. The van der Waals surface area contributed by atoms with E-state index in [4.69, 9.17) is 0 Å². The van der Waals surface area contributed by atoms with E-state index in [9.17, 15) is 9.59 Å². The predicted octanol–water partition coefficient (Wildman–Crippen LogP) is 2.23. The third kappa shape index (κ3) is 3.73. The van der Waals surface area contributed by atoms with Crippen molar-refractivity contribution in [3.05, 3.63) is 47.3 Å². The summed E-state index contributed by atoms with van der Waals surface area (Å²) in [5.74, 6) is 0.118. The molecule has 0 aliphatic carbocycles. The van der Waals surface area contributed by atoms with Gasteiger partial charge in [-0.2, -0.15) is 5.10 Å². The van der Waals surface area contributed by atoms with Gasteiger partial charge in [0.2, 0.25) is 5.91 Å². The van der Waals surface area contributed by atoms with Crippen LogP contribution in [0.1, 0.15) is 41.0 Å². The number of nitrogens with zero attached hydrogens (tertiary/aromatic N) is 3. The first-order valence-electron chi connectivity index (χ1n) is 8.75. The summed E-state index contributed by atoms with van der Waals surface area (Å²) >= 11 is 0. The van der Waals surface area contributed by atoms with E-state index in [1.54, 1.807) is 4.68 Å². The molecule has 1 aliphatic rings. The van der Waals surface area contributed by atoms with E-state index < -0.39 is 0 Å². The van der Waals surface area contributed by atoms with Gasteiger partial charge >= 0.3 is 0 Å². The van der Waals surface area contributed by atoms with Crippen molar-refractivity contribution in [2.75, 3.05) is 19.6 Å². The summed E-state index contributed by atoms with van der Waals surface area (Å²) in [5.41, 5.74) is 3.11. The molecule has 0 radical (unpaired) electrons. The zero-order chi connectivity index (χ0) is 17.8. The highest BCUT2D eigenvalue weighted by Gasteiger charge is 2.21. The summed E-state index contributed by atoms with van der Waals surface area (Å²) in [4.78, 5) is 26.0. The molecule has 1 saturated heterocycles. The van der Waals surface area contributed by atoms with E-state index in [1.807, 2.05) is 49.1 Å². The van der Waals surface area contributed by atoms with Crippen molar-refractivity contribution in [1.29, 1.82) is 0 Å². The fourth-order valence-corrected chi connectivity index (χ4v) is 3.29. The number of rotatable bonds is 6. The minimum atomic E-state index is -0.107. The standard InChI is InChI=1S/C19H24N4O2/c1-14-18(15(2)23(21-14)16-8-4-3-5-9-16)19(25)20-11-7-13-22-12-6-10-17(22)24/h3-5,8-9H,6-7,10-13H2,1-2H3,(H,20,25). The Bertz CT molecular complexity index is 767. The fraction of sp³-hybridized carbons (Fsp3) is 0.421. The molecule has 1 aromatic heterocycles. The van der Waals surface area contributed by atoms with Crippen LogP contribution in [0.25, 0.3) is 5.69 Å². The van der Waals surface area contributed by atoms with Gasteiger partial charge in [0, 0.05) is 26.1 Å². The highest BCUT2D eigenvalue weighted by Crippen LogP contribution is 2.17. The number of likely N-dealkylation sites (tertiary alicyclic amines) is 1. The lowest BCUT2D eigenvalue weighted by Gasteiger charge is -2.15. The first-order chi connectivity index (χ1) is 12.1. The molecule has 25 heavy (non-hydrogen) atoms. The van der Waals surface area contributed by atoms with Crippen molar-refractivity contribution in [3.8, 4) is 5.69 Å². The normalized spacial score (nSPS) is 14.2. The summed E-state index contributed by atoms with van der Waals surface area (Å²) in [6, 6.07) is 9.78. The Labute approximate surface area is 147 Å². The van der Waals surface area contributed by atoms with Crippen molar-refractivity contribution in [2.45, 2.75) is 33.1 Å². The Morgan fingerprint density at radius 2 is 2.00 bits per heavy atom. The van der Waals surface area contributed by atoms with Crippen LogP contribution < -0.4 is 5.32 Å². The minimum Gasteiger partial charge on any atom is -0.352 e. The summed E-state index contributed by atoms with van der Waals surface area (Å²) in [6.07, 6.45) is 2.37. The molecule has 0 spiro atoms. The van der Waals surface area contributed by atoms with Gasteiger partial charge in [-0.15, -0.1) is 0 Å². The molecule has 1 aromatic carbocycles. The van der Waals surface area contributed by atoms with E-state index in [2.05, 4.69) is 10.4 Å². The van der Waals surface area contributed by atoms with Crippen LogP contribution in [0.5, 0.6) is 0 Å². The monoisotopic (exact) mass is 340 g/mol. The van der Waals surface area contributed by atoms with Crippen molar-refractivity contribution in [1.82, 2.24) is 20.0 Å². The molecular formula is C19H24N4O2. The molecule has 1 fully saturated rings. The second-order valence-electron chi connectivity index (χ2n) is 6.39. The van der Waals surface area contributed by atoms with Gasteiger partial charge in [0.1, 0.15) is 0 Å². The Morgan fingerprint density at radius 3 is 2.68 bits per heavy atom. The van der Waals surface area contributed by atoms with E-state index in [0.717, 1.165) is 30.8 Å². The Morgan fingerprint density at radius 1 is 1.24 bits per heavy atom. The Balaban J connectivity index is 1.60. The van der Waals surface area contributed by atoms with Gasteiger partial charge in [-0.25, -0.2) is 4.68 Å². The first kappa shape index (κ1) is 17.2. The minimum absolute atomic E-state index is 0.107. The highest BCUT2D eigenvalue weighted by molar-refractivity contribution is 5.96. The molecule has 132 valence electrons. The largest absolute Gasteiger partial charge is 0.352 e. The topological polar surface area (TPSA) is 67.2 Å². The molecule has 2 amide bonds. The van der Waals surface area contributed by atoms with Gasteiger partial charge in [0.05, 0.1) is 22.6 Å². The van der Waals surface area contributed by atoms with Crippen LogP contribution in [0.2, 0.25) is 0 Å². The molecule has 0 atom stereocenters. The van der Waals surface area contributed by atoms with Gasteiger partial charge in [-0.1, -0.05) is 18.2 Å². The van der Waals surface area contributed by atoms with Crippen LogP contribution in [-0.2, 0) is 4.79 Å². The molecular weight excluding hydrogens is 316 g/mol. The molecule has 2 heterocycles. The number of amides is 2. The smallest absolute Gasteiger partial charge is 0.255 e. The maximum absolute atomic E-state index is 12.5. The number of nitrogens with one attached hydrogen (secondary N) is 1. The molecule has 0 unspecified atom stereocenters. The molecule has 0 saturated carbocycles. The van der Waals surface area contributed by atoms with Gasteiger partial charge in [0.15, 0.2) is 0 Å². The second-order valence-corrected chi connectivity index (χ2v) is 6.39. The van der Waals surface area contributed by atoms with Gasteiger partial charge < -0.3 is 10.2 Å². The summed E-state index contributed by atoms with van der Waals surface area (Å²) < 4.78 is 1.80. The zero-order valence-corrected chi connectivity index (χ0v) is 14.8. The molecule has 1 N–H and O–H groups in total. The number of aromatic nitrogens is 2. The van der Waals surface area contributed by atoms with Crippen LogP contribution in [0.4, 0.5) is 0 Å². The molecule has 6 nitrogen and oxygen atoms in total. The van der Waals surface area contributed by atoms with E-state index in [1.165, 1.54) is 0 Å². The fourth-order valence-electron chi connectivity index (χ4n) is 3.29. The number of para-hydroxylation sites is 1. The SMILES string of the molecule is Cc1nn(-c2ccccc2)c(C)c1C(=O)NCCCN1CCCC1=O. The lowest BCUT2D eigenvalue weighted by molar-refractivity contribution is -0.127. The van der Waals surface area contributed by atoms with E-state index >= 15 is 0 Å². The van der Waals surface area contributed by atoms with Crippen LogP contribution in [0.15, 0.2) is 30.3 Å².